The van der Waals surface area contributed by atoms with Crippen molar-refractivity contribution in [3.05, 3.63) is 59.9 Å². The normalized spacial score (nSPS) is 10.7. The molecule has 2 aromatic carbocycles. The molecule has 3 aromatic rings. The van der Waals surface area contributed by atoms with Crippen LogP contribution < -0.4 is 9.47 Å². The third kappa shape index (κ3) is 3.77. The Morgan fingerprint density at radius 3 is 2.61 bits per heavy atom. The number of aryl methyl sites for hydroxylation is 2. The maximum atomic E-state index is 5.80. The van der Waals surface area contributed by atoms with E-state index in [1.54, 1.807) is 0 Å². The Bertz CT molecular complexity index is 797. The van der Waals surface area contributed by atoms with Gasteiger partial charge in [0.05, 0.1) is 24.1 Å². The molecule has 0 amide bonds. The summed E-state index contributed by atoms with van der Waals surface area (Å²) in [6.07, 6.45) is 2.33. The molecule has 0 unspecified atom stereocenters. The maximum Gasteiger partial charge on any atom is 0.224 e. The number of hydrogen-bond donors (Lipinski definition) is 0. The summed E-state index contributed by atoms with van der Waals surface area (Å²) in [5, 5.41) is 0.935. The van der Waals surface area contributed by atoms with Crippen molar-refractivity contribution in [1.82, 2.24) is 9.97 Å². The zero-order valence-electron chi connectivity index (χ0n) is 13.5. The van der Waals surface area contributed by atoms with E-state index in [2.05, 4.69) is 35.9 Å². The molecule has 23 heavy (non-hydrogen) atoms. The van der Waals surface area contributed by atoms with Crippen LogP contribution in [0.1, 0.15) is 17.5 Å². The molecule has 0 fully saturated rings. The summed E-state index contributed by atoms with van der Waals surface area (Å²) in [4.78, 5) is 8.44. The first-order valence-electron chi connectivity index (χ1n) is 7.76. The third-order valence-electron chi connectivity index (χ3n) is 3.62. The molecule has 1 heterocycles. The van der Waals surface area contributed by atoms with Gasteiger partial charge in [0.1, 0.15) is 12.1 Å². The fourth-order valence-electron chi connectivity index (χ4n) is 2.47. The highest BCUT2D eigenvalue weighted by Gasteiger charge is 2.04. The minimum absolute atomic E-state index is 0.561. The van der Waals surface area contributed by atoms with Crippen LogP contribution in [0.2, 0.25) is 0 Å². The molecule has 118 valence electrons. The Balaban J connectivity index is 1.51. The van der Waals surface area contributed by atoms with Gasteiger partial charge in [-0.25, -0.2) is 9.97 Å². The summed E-state index contributed by atoms with van der Waals surface area (Å²) in [6.45, 7) is 5.32. The van der Waals surface area contributed by atoms with Crippen molar-refractivity contribution in [2.75, 3.05) is 13.2 Å². The molecule has 1 aromatic heterocycles. The van der Waals surface area contributed by atoms with Crippen LogP contribution in [0, 0.1) is 13.8 Å². The monoisotopic (exact) mass is 308 g/mol. The zero-order chi connectivity index (χ0) is 16.1. The minimum Gasteiger partial charge on any atom is -0.493 e. The van der Waals surface area contributed by atoms with Crippen LogP contribution >= 0.6 is 0 Å². The molecule has 4 nitrogen and oxygen atoms in total. The number of fused-ring (bicyclic) bond motifs is 1. The Kier molecular flexibility index (Phi) is 4.71. The Morgan fingerprint density at radius 2 is 1.74 bits per heavy atom. The first kappa shape index (κ1) is 15.3. The number of aromatic nitrogens is 2. The topological polar surface area (TPSA) is 44.2 Å². The van der Waals surface area contributed by atoms with E-state index in [0.29, 0.717) is 19.1 Å². The highest BCUT2D eigenvalue weighted by molar-refractivity contribution is 5.82. The van der Waals surface area contributed by atoms with E-state index >= 15 is 0 Å². The lowest BCUT2D eigenvalue weighted by Gasteiger charge is -2.10. The van der Waals surface area contributed by atoms with Crippen LogP contribution in [0.3, 0.4) is 0 Å². The number of para-hydroxylation sites is 1. The van der Waals surface area contributed by atoms with Gasteiger partial charge < -0.3 is 9.47 Å². The fraction of sp³-hybridized carbons (Fsp3) is 0.263. The van der Waals surface area contributed by atoms with Crippen LogP contribution in [0.25, 0.3) is 10.9 Å². The molecule has 0 aliphatic rings. The van der Waals surface area contributed by atoms with E-state index in [9.17, 15) is 0 Å². The molecular weight excluding hydrogens is 288 g/mol. The quantitative estimate of drug-likeness (QED) is 0.643. The Morgan fingerprint density at radius 1 is 0.913 bits per heavy atom. The van der Waals surface area contributed by atoms with Crippen LogP contribution in [0.15, 0.2) is 48.8 Å². The molecule has 0 aliphatic carbocycles. The van der Waals surface area contributed by atoms with E-state index in [4.69, 9.17) is 9.47 Å². The molecule has 0 aliphatic heterocycles. The van der Waals surface area contributed by atoms with Gasteiger partial charge in [-0.2, -0.15) is 0 Å². The summed E-state index contributed by atoms with van der Waals surface area (Å²) in [5.41, 5.74) is 3.30. The van der Waals surface area contributed by atoms with Crippen LogP contribution in [-0.2, 0) is 0 Å². The molecule has 3 rings (SSSR count). The Labute approximate surface area is 136 Å². The van der Waals surface area contributed by atoms with E-state index in [1.165, 1.54) is 11.9 Å². The van der Waals surface area contributed by atoms with Gasteiger partial charge in [-0.15, -0.1) is 0 Å². The molecule has 0 spiro atoms. The number of nitrogens with zero attached hydrogens (tertiary/aromatic N) is 2. The summed E-state index contributed by atoms with van der Waals surface area (Å²) >= 11 is 0. The van der Waals surface area contributed by atoms with E-state index in [0.717, 1.165) is 28.6 Å². The molecular formula is C19H20N2O2. The lowest BCUT2D eigenvalue weighted by Crippen LogP contribution is -2.06. The van der Waals surface area contributed by atoms with Crippen LogP contribution in [-0.4, -0.2) is 23.2 Å². The zero-order valence-corrected chi connectivity index (χ0v) is 13.5. The van der Waals surface area contributed by atoms with Crippen molar-refractivity contribution in [3.63, 3.8) is 0 Å². The average Bonchev–Trinajstić information content (AvgIpc) is 2.56. The summed E-state index contributed by atoms with van der Waals surface area (Å²) in [7, 11) is 0. The van der Waals surface area contributed by atoms with Gasteiger partial charge in [0, 0.05) is 6.42 Å². The van der Waals surface area contributed by atoms with E-state index in [-0.39, 0.29) is 0 Å². The van der Waals surface area contributed by atoms with Crippen molar-refractivity contribution < 1.29 is 9.47 Å². The van der Waals surface area contributed by atoms with E-state index in [1.807, 2.05) is 30.3 Å². The lowest BCUT2D eigenvalue weighted by atomic mass is 10.1. The first-order valence-corrected chi connectivity index (χ1v) is 7.76. The number of benzene rings is 2. The third-order valence-corrected chi connectivity index (χ3v) is 3.62. The predicted octanol–water partition coefficient (Wildman–Crippen LogP) is 4.09. The maximum absolute atomic E-state index is 5.80. The highest BCUT2D eigenvalue weighted by Crippen LogP contribution is 2.21. The molecule has 0 saturated heterocycles. The summed E-state index contributed by atoms with van der Waals surface area (Å²) in [6, 6.07) is 14.0. The second-order valence-corrected chi connectivity index (χ2v) is 5.52. The second-order valence-electron chi connectivity index (χ2n) is 5.52. The smallest absolute Gasteiger partial charge is 0.224 e. The van der Waals surface area contributed by atoms with Crippen molar-refractivity contribution in [2.24, 2.45) is 0 Å². The van der Waals surface area contributed by atoms with Gasteiger partial charge in [0.25, 0.3) is 0 Å². The number of hydrogen-bond acceptors (Lipinski definition) is 4. The van der Waals surface area contributed by atoms with E-state index < -0.39 is 0 Å². The summed E-state index contributed by atoms with van der Waals surface area (Å²) in [5.74, 6) is 1.56. The molecule has 0 radical (unpaired) electrons. The van der Waals surface area contributed by atoms with Crippen molar-refractivity contribution in [2.45, 2.75) is 20.3 Å². The van der Waals surface area contributed by atoms with Crippen molar-refractivity contribution in [3.8, 4) is 11.6 Å². The SMILES string of the molecule is Cc1ccc(OCCCOc2ncnc3ccccc23)c(C)c1. The highest BCUT2D eigenvalue weighted by atomic mass is 16.5. The van der Waals surface area contributed by atoms with Crippen molar-refractivity contribution >= 4 is 10.9 Å². The second kappa shape index (κ2) is 7.09. The van der Waals surface area contributed by atoms with Gasteiger partial charge in [0.15, 0.2) is 0 Å². The minimum atomic E-state index is 0.561. The van der Waals surface area contributed by atoms with Gasteiger partial charge >= 0.3 is 0 Å². The average molecular weight is 308 g/mol. The van der Waals surface area contributed by atoms with Gasteiger partial charge in [-0.3, -0.25) is 0 Å². The molecule has 0 N–H and O–H groups in total. The van der Waals surface area contributed by atoms with Gasteiger partial charge in [-0.05, 0) is 37.6 Å². The summed E-state index contributed by atoms with van der Waals surface area (Å²) < 4.78 is 11.6. The molecule has 4 heteroatoms. The molecule has 0 bridgehead atoms. The van der Waals surface area contributed by atoms with Crippen LogP contribution in [0.5, 0.6) is 11.6 Å². The largest absolute Gasteiger partial charge is 0.493 e. The Hall–Kier alpha value is -2.62. The molecule has 0 saturated carbocycles. The molecule has 0 atom stereocenters. The number of rotatable bonds is 6. The number of ether oxygens (including phenoxy) is 2. The lowest BCUT2D eigenvalue weighted by molar-refractivity contribution is 0.243. The fourth-order valence-corrected chi connectivity index (χ4v) is 2.47. The van der Waals surface area contributed by atoms with Gasteiger partial charge in [-0.1, -0.05) is 29.8 Å². The predicted molar refractivity (Wildman–Crippen MR) is 91.1 cm³/mol. The van der Waals surface area contributed by atoms with Gasteiger partial charge in [0.2, 0.25) is 5.88 Å². The van der Waals surface area contributed by atoms with Crippen LogP contribution in [0.4, 0.5) is 0 Å². The standard InChI is InChI=1S/C19H20N2O2/c1-14-8-9-18(15(2)12-14)22-10-5-11-23-19-16-6-3-4-7-17(16)20-13-21-19/h3-4,6-9,12-13H,5,10-11H2,1-2H3. The first-order chi connectivity index (χ1) is 11.2. The van der Waals surface area contributed by atoms with Crippen molar-refractivity contribution in [1.29, 1.82) is 0 Å².